The van der Waals surface area contributed by atoms with Crippen molar-refractivity contribution in [1.82, 2.24) is 10.6 Å². The number of amides is 2. The second kappa shape index (κ2) is 8.47. The van der Waals surface area contributed by atoms with E-state index < -0.39 is 18.0 Å². The lowest BCUT2D eigenvalue weighted by atomic mass is 10.1. The van der Waals surface area contributed by atoms with E-state index in [9.17, 15) is 14.7 Å². The Kier molecular flexibility index (Phi) is 6.93. The van der Waals surface area contributed by atoms with Crippen molar-refractivity contribution in [3.8, 4) is 0 Å². The summed E-state index contributed by atoms with van der Waals surface area (Å²) < 4.78 is 0. The van der Waals surface area contributed by atoms with Crippen molar-refractivity contribution in [2.24, 2.45) is 0 Å². The Morgan fingerprint density at radius 3 is 2.45 bits per heavy atom. The summed E-state index contributed by atoms with van der Waals surface area (Å²) in [6.45, 7) is 3.94. The number of thioether (sulfide) groups is 1. The van der Waals surface area contributed by atoms with Crippen molar-refractivity contribution in [2.45, 2.75) is 25.9 Å². The van der Waals surface area contributed by atoms with Crippen LogP contribution < -0.4 is 10.6 Å². The average molecular weight is 296 g/mol. The predicted octanol–water partition coefficient (Wildman–Crippen LogP) is 2.25. The van der Waals surface area contributed by atoms with Crippen LogP contribution in [0.1, 0.15) is 25.5 Å². The lowest BCUT2D eigenvalue weighted by Gasteiger charge is -2.18. The van der Waals surface area contributed by atoms with Gasteiger partial charge in [-0.25, -0.2) is 9.59 Å². The molecule has 0 aromatic heterocycles. The second-order valence-electron chi connectivity index (χ2n) is 4.36. The summed E-state index contributed by atoms with van der Waals surface area (Å²) in [4.78, 5) is 23.1. The summed E-state index contributed by atoms with van der Waals surface area (Å²) in [5.74, 6) is 0.699. The molecule has 2 unspecified atom stereocenters. The molecule has 20 heavy (non-hydrogen) atoms. The molecule has 0 spiro atoms. The number of rotatable bonds is 7. The van der Waals surface area contributed by atoms with Gasteiger partial charge in [-0.15, -0.1) is 0 Å². The molecule has 0 bridgehead atoms. The van der Waals surface area contributed by atoms with Crippen LogP contribution >= 0.6 is 11.8 Å². The van der Waals surface area contributed by atoms with Crippen molar-refractivity contribution < 1.29 is 14.7 Å². The van der Waals surface area contributed by atoms with Crippen LogP contribution in [0.25, 0.3) is 0 Å². The van der Waals surface area contributed by atoms with Crippen molar-refractivity contribution in [2.75, 3.05) is 11.5 Å². The van der Waals surface area contributed by atoms with Gasteiger partial charge in [0.25, 0.3) is 0 Å². The Hall–Kier alpha value is -1.69. The molecule has 0 saturated carbocycles. The molecule has 0 heterocycles. The van der Waals surface area contributed by atoms with E-state index in [1.54, 1.807) is 42.1 Å². The first-order valence-electron chi connectivity index (χ1n) is 6.47. The van der Waals surface area contributed by atoms with Crippen LogP contribution in [-0.2, 0) is 4.79 Å². The fourth-order valence-corrected chi connectivity index (χ4v) is 2.34. The fourth-order valence-electron chi connectivity index (χ4n) is 1.67. The fraction of sp³-hybridized carbons (Fsp3) is 0.429. The highest BCUT2D eigenvalue weighted by molar-refractivity contribution is 7.99. The van der Waals surface area contributed by atoms with E-state index in [1.165, 1.54) is 0 Å². The first-order chi connectivity index (χ1) is 9.54. The number of nitrogens with one attached hydrogen (secondary N) is 2. The van der Waals surface area contributed by atoms with Crippen molar-refractivity contribution in [3.05, 3.63) is 35.9 Å². The van der Waals surface area contributed by atoms with Gasteiger partial charge < -0.3 is 15.7 Å². The molecule has 110 valence electrons. The predicted molar refractivity (Wildman–Crippen MR) is 80.9 cm³/mol. The van der Waals surface area contributed by atoms with E-state index in [0.717, 1.165) is 11.5 Å². The molecule has 2 atom stereocenters. The Morgan fingerprint density at radius 1 is 1.25 bits per heavy atom. The first kappa shape index (κ1) is 16.4. The lowest BCUT2D eigenvalue weighted by molar-refractivity contribution is -0.139. The van der Waals surface area contributed by atoms with Gasteiger partial charge in [0.2, 0.25) is 0 Å². The minimum atomic E-state index is -1.08. The maximum absolute atomic E-state index is 11.8. The van der Waals surface area contributed by atoms with Crippen LogP contribution in [0.5, 0.6) is 0 Å². The van der Waals surface area contributed by atoms with Crippen molar-refractivity contribution in [3.63, 3.8) is 0 Å². The van der Waals surface area contributed by atoms with E-state index in [4.69, 9.17) is 0 Å². The standard InChI is InChI=1S/C14H20N2O3S/c1-3-20-9-10(2)15-14(19)16-12(13(17)18)11-7-5-4-6-8-11/h4-8,10,12H,3,9H2,1-2H3,(H,17,18)(H2,15,16,19). The van der Waals surface area contributed by atoms with Crippen LogP contribution in [0, 0.1) is 0 Å². The maximum atomic E-state index is 11.8. The minimum Gasteiger partial charge on any atom is -0.479 e. The van der Waals surface area contributed by atoms with E-state index in [1.807, 2.05) is 13.8 Å². The number of urea groups is 1. The highest BCUT2D eigenvalue weighted by Gasteiger charge is 2.22. The topological polar surface area (TPSA) is 78.4 Å². The third-order valence-electron chi connectivity index (χ3n) is 2.60. The maximum Gasteiger partial charge on any atom is 0.330 e. The minimum absolute atomic E-state index is 0.00910. The van der Waals surface area contributed by atoms with Gasteiger partial charge in [-0.05, 0) is 18.2 Å². The highest BCUT2D eigenvalue weighted by Crippen LogP contribution is 2.12. The number of carbonyl (C=O) groups is 2. The number of carboxylic acid groups (broad SMARTS) is 1. The monoisotopic (exact) mass is 296 g/mol. The SMILES string of the molecule is CCSCC(C)NC(=O)NC(C(=O)O)c1ccccc1. The van der Waals surface area contributed by atoms with Crippen LogP contribution in [0.15, 0.2) is 30.3 Å². The molecule has 0 aliphatic rings. The zero-order valence-electron chi connectivity index (χ0n) is 11.6. The number of aliphatic carboxylic acids is 1. The van der Waals surface area contributed by atoms with Crippen LogP contribution in [0.4, 0.5) is 4.79 Å². The van der Waals surface area contributed by atoms with Crippen molar-refractivity contribution >= 4 is 23.8 Å². The molecule has 1 aromatic rings. The Labute approximate surface area is 123 Å². The number of carbonyl (C=O) groups excluding carboxylic acids is 1. The largest absolute Gasteiger partial charge is 0.479 e. The summed E-state index contributed by atoms with van der Waals surface area (Å²) in [6, 6.07) is 7.12. The molecule has 1 rings (SSSR count). The van der Waals surface area contributed by atoms with E-state index >= 15 is 0 Å². The average Bonchev–Trinajstić information content (AvgIpc) is 2.43. The lowest BCUT2D eigenvalue weighted by Crippen LogP contribution is -2.45. The van der Waals surface area contributed by atoms with Gasteiger partial charge in [0.1, 0.15) is 0 Å². The molecule has 0 fully saturated rings. The zero-order chi connectivity index (χ0) is 15.0. The summed E-state index contributed by atoms with van der Waals surface area (Å²) in [5, 5.41) is 14.4. The van der Waals surface area contributed by atoms with Gasteiger partial charge in [0.05, 0.1) is 0 Å². The smallest absolute Gasteiger partial charge is 0.330 e. The number of hydrogen-bond donors (Lipinski definition) is 3. The van der Waals surface area contributed by atoms with Gasteiger partial charge in [-0.2, -0.15) is 11.8 Å². The molecular weight excluding hydrogens is 276 g/mol. The summed E-state index contributed by atoms with van der Waals surface area (Å²) in [5.41, 5.74) is 0.547. The van der Waals surface area contributed by atoms with Crippen molar-refractivity contribution in [1.29, 1.82) is 0 Å². The van der Waals surface area contributed by atoms with E-state index in [0.29, 0.717) is 5.56 Å². The Bertz CT molecular complexity index is 439. The third-order valence-corrected chi connectivity index (χ3v) is 3.75. The molecule has 3 N–H and O–H groups in total. The number of hydrogen-bond acceptors (Lipinski definition) is 3. The molecule has 6 heteroatoms. The molecule has 0 aliphatic heterocycles. The van der Waals surface area contributed by atoms with Crippen LogP contribution in [-0.4, -0.2) is 34.7 Å². The van der Waals surface area contributed by atoms with Gasteiger partial charge in [0, 0.05) is 11.8 Å². The highest BCUT2D eigenvalue weighted by atomic mass is 32.2. The molecule has 0 saturated heterocycles. The molecule has 0 aliphatic carbocycles. The molecular formula is C14H20N2O3S. The molecule has 5 nitrogen and oxygen atoms in total. The van der Waals surface area contributed by atoms with Gasteiger partial charge in [0.15, 0.2) is 6.04 Å². The Morgan fingerprint density at radius 2 is 1.90 bits per heavy atom. The number of benzene rings is 1. The molecule has 1 aromatic carbocycles. The third kappa shape index (κ3) is 5.52. The van der Waals surface area contributed by atoms with E-state index in [2.05, 4.69) is 10.6 Å². The van der Waals surface area contributed by atoms with Crippen LogP contribution in [0.2, 0.25) is 0 Å². The summed E-state index contributed by atoms with van der Waals surface area (Å²) >= 11 is 1.72. The summed E-state index contributed by atoms with van der Waals surface area (Å²) in [7, 11) is 0. The number of carboxylic acids is 1. The van der Waals surface area contributed by atoms with E-state index in [-0.39, 0.29) is 6.04 Å². The van der Waals surface area contributed by atoms with Gasteiger partial charge >= 0.3 is 12.0 Å². The zero-order valence-corrected chi connectivity index (χ0v) is 12.4. The van der Waals surface area contributed by atoms with Gasteiger partial charge in [-0.3, -0.25) is 0 Å². The second-order valence-corrected chi connectivity index (χ2v) is 5.68. The quantitative estimate of drug-likeness (QED) is 0.721. The normalized spacial score (nSPS) is 13.3. The molecule has 0 radical (unpaired) electrons. The Balaban J connectivity index is 2.59. The van der Waals surface area contributed by atoms with Crippen LogP contribution in [0.3, 0.4) is 0 Å². The van der Waals surface area contributed by atoms with Gasteiger partial charge in [-0.1, -0.05) is 37.3 Å². The molecule has 2 amide bonds. The summed E-state index contributed by atoms with van der Waals surface area (Å²) in [6.07, 6.45) is 0. The first-order valence-corrected chi connectivity index (χ1v) is 7.62.